The van der Waals surface area contributed by atoms with Crippen molar-refractivity contribution >= 4 is 11.8 Å². The molecule has 1 unspecified atom stereocenters. The monoisotopic (exact) mass is 396 g/mol. The summed E-state index contributed by atoms with van der Waals surface area (Å²) in [5, 5.41) is 2.93. The lowest BCUT2D eigenvalue weighted by Gasteiger charge is -2.31. The highest BCUT2D eigenvalue weighted by molar-refractivity contribution is 5.88. The van der Waals surface area contributed by atoms with E-state index in [1.807, 2.05) is 77.1 Å². The van der Waals surface area contributed by atoms with Crippen molar-refractivity contribution in [3.8, 4) is 5.75 Å². The Morgan fingerprint density at radius 3 is 2.21 bits per heavy atom. The van der Waals surface area contributed by atoms with E-state index in [0.717, 1.165) is 16.7 Å². The largest absolute Gasteiger partial charge is 0.484 e. The van der Waals surface area contributed by atoms with Crippen molar-refractivity contribution < 1.29 is 14.3 Å². The lowest BCUT2D eigenvalue weighted by Crippen LogP contribution is -2.51. The van der Waals surface area contributed by atoms with Crippen LogP contribution in [0, 0.1) is 13.8 Å². The minimum atomic E-state index is -0.548. The van der Waals surface area contributed by atoms with Gasteiger partial charge in [-0.2, -0.15) is 0 Å². The van der Waals surface area contributed by atoms with Crippen LogP contribution in [0.25, 0.3) is 0 Å². The number of ether oxygens (including phenoxy) is 1. The molecule has 0 fully saturated rings. The van der Waals surface area contributed by atoms with Crippen LogP contribution in [0.2, 0.25) is 0 Å². The van der Waals surface area contributed by atoms with Crippen molar-refractivity contribution in [1.29, 1.82) is 0 Å². The van der Waals surface area contributed by atoms with Crippen LogP contribution in [0.15, 0.2) is 48.5 Å². The summed E-state index contributed by atoms with van der Waals surface area (Å²) in [7, 11) is 0. The topological polar surface area (TPSA) is 58.6 Å². The molecule has 0 aliphatic heterocycles. The Kier molecular flexibility index (Phi) is 8.25. The third-order valence-corrected chi connectivity index (χ3v) is 4.57. The Balaban J connectivity index is 2.20. The summed E-state index contributed by atoms with van der Waals surface area (Å²) >= 11 is 0. The average molecular weight is 397 g/mol. The van der Waals surface area contributed by atoms with E-state index < -0.39 is 6.04 Å². The SMILES string of the molecule is CCC(C(=O)NC(C)C)N(Cc1ccccc1)C(=O)COc1cc(C)cc(C)c1. The number of hydrogen-bond donors (Lipinski definition) is 1. The number of aryl methyl sites for hydroxylation is 2. The van der Waals surface area contributed by atoms with Crippen LogP contribution < -0.4 is 10.1 Å². The van der Waals surface area contributed by atoms with E-state index >= 15 is 0 Å². The zero-order chi connectivity index (χ0) is 21.4. The van der Waals surface area contributed by atoms with Gasteiger partial charge in [0.1, 0.15) is 11.8 Å². The molecule has 2 amide bonds. The highest BCUT2D eigenvalue weighted by Gasteiger charge is 2.29. The summed E-state index contributed by atoms with van der Waals surface area (Å²) in [6.07, 6.45) is 0.528. The molecule has 1 atom stereocenters. The Bertz CT molecular complexity index is 798. The number of nitrogens with zero attached hydrogens (tertiary/aromatic N) is 1. The molecule has 0 spiro atoms. The molecule has 0 heterocycles. The van der Waals surface area contributed by atoms with Crippen molar-refractivity contribution in [2.45, 2.75) is 59.7 Å². The van der Waals surface area contributed by atoms with Gasteiger partial charge >= 0.3 is 0 Å². The number of hydrogen-bond acceptors (Lipinski definition) is 3. The van der Waals surface area contributed by atoms with E-state index in [-0.39, 0.29) is 24.5 Å². The van der Waals surface area contributed by atoms with Gasteiger partial charge in [-0.1, -0.05) is 43.3 Å². The van der Waals surface area contributed by atoms with Gasteiger partial charge in [-0.05, 0) is 62.9 Å². The lowest BCUT2D eigenvalue weighted by atomic mass is 10.1. The van der Waals surface area contributed by atoms with Crippen molar-refractivity contribution in [3.63, 3.8) is 0 Å². The fourth-order valence-corrected chi connectivity index (χ4v) is 3.32. The molecule has 156 valence electrons. The normalized spacial score (nSPS) is 11.8. The fourth-order valence-electron chi connectivity index (χ4n) is 3.32. The molecule has 2 rings (SSSR count). The summed E-state index contributed by atoms with van der Waals surface area (Å²) in [6, 6.07) is 15.0. The molecule has 0 saturated carbocycles. The molecule has 5 nitrogen and oxygen atoms in total. The van der Waals surface area contributed by atoms with E-state index in [0.29, 0.717) is 18.7 Å². The maximum atomic E-state index is 13.1. The fraction of sp³-hybridized carbons (Fsp3) is 0.417. The minimum absolute atomic E-state index is 0.0109. The molecular formula is C24H32N2O3. The quantitative estimate of drug-likeness (QED) is 0.697. The third-order valence-electron chi connectivity index (χ3n) is 4.57. The van der Waals surface area contributed by atoms with Gasteiger partial charge in [-0.25, -0.2) is 0 Å². The Morgan fingerprint density at radius 1 is 1.03 bits per heavy atom. The summed E-state index contributed by atoms with van der Waals surface area (Å²) < 4.78 is 5.78. The summed E-state index contributed by atoms with van der Waals surface area (Å²) in [5.74, 6) is 0.312. The summed E-state index contributed by atoms with van der Waals surface area (Å²) in [6.45, 7) is 9.98. The van der Waals surface area contributed by atoms with Gasteiger partial charge in [0, 0.05) is 12.6 Å². The van der Waals surface area contributed by atoms with Gasteiger partial charge < -0.3 is 15.0 Å². The number of nitrogens with one attached hydrogen (secondary N) is 1. The molecule has 2 aromatic rings. The molecule has 2 aromatic carbocycles. The van der Waals surface area contributed by atoms with Gasteiger partial charge in [0.2, 0.25) is 5.91 Å². The molecule has 0 saturated heterocycles. The van der Waals surface area contributed by atoms with Crippen LogP contribution in [-0.4, -0.2) is 35.4 Å². The van der Waals surface area contributed by atoms with Gasteiger partial charge in [0.25, 0.3) is 5.91 Å². The van der Waals surface area contributed by atoms with E-state index in [1.165, 1.54) is 0 Å². The summed E-state index contributed by atoms with van der Waals surface area (Å²) in [4.78, 5) is 27.5. The van der Waals surface area contributed by atoms with E-state index in [9.17, 15) is 9.59 Å². The zero-order valence-corrected chi connectivity index (χ0v) is 18.1. The standard InChI is InChI=1S/C24H32N2O3/c1-6-22(24(28)25-17(2)3)26(15-20-10-8-7-9-11-20)23(27)16-29-21-13-18(4)12-19(5)14-21/h7-14,17,22H,6,15-16H2,1-5H3,(H,25,28). The third kappa shape index (κ3) is 6.93. The molecule has 1 N–H and O–H groups in total. The van der Waals surface area contributed by atoms with E-state index in [2.05, 4.69) is 11.4 Å². The van der Waals surface area contributed by atoms with Crippen LogP contribution in [0.4, 0.5) is 0 Å². The van der Waals surface area contributed by atoms with E-state index in [1.54, 1.807) is 4.90 Å². The average Bonchev–Trinajstić information content (AvgIpc) is 2.65. The molecule has 5 heteroatoms. The lowest BCUT2D eigenvalue weighted by molar-refractivity contribution is -0.143. The smallest absolute Gasteiger partial charge is 0.261 e. The van der Waals surface area contributed by atoms with Crippen LogP contribution >= 0.6 is 0 Å². The van der Waals surface area contributed by atoms with Crippen molar-refractivity contribution in [2.75, 3.05) is 6.61 Å². The zero-order valence-electron chi connectivity index (χ0n) is 18.1. The highest BCUT2D eigenvalue weighted by atomic mass is 16.5. The second-order valence-electron chi connectivity index (χ2n) is 7.71. The first-order valence-electron chi connectivity index (χ1n) is 10.1. The number of benzene rings is 2. The van der Waals surface area contributed by atoms with Crippen LogP contribution in [0.1, 0.15) is 43.9 Å². The van der Waals surface area contributed by atoms with Gasteiger partial charge in [-0.3, -0.25) is 9.59 Å². The number of carbonyl (C=O) groups excluding carboxylic acids is 2. The molecule has 0 aliphatic carbocycles. The van der Waals surface area contributed by atoms with Gasteiger partial charge in [-0.15, -0.1) is 0 Å². The first kappa shape index (κ1) is 22.5. The number of rotatable bonds is 9. The molecule has 0 aliphatic rings. The number of carbonyl (C=O) groups is 2. The maximum Gasteiger partial charge on any atom is 0.261 e. The molecule has 0 bridgehead atoms. The Labute approximate surface area is 174 Å². The summed E-state index contributed by atoms with van der Waals surface area (Å²) in [5.41, 5.74) is 3.13. The van der Waals surface area contributed by atoms with Crippen LogP contribution in [0.5, 0.6) is 5.75 Å². The van der Waals surface area contributed by atoms with Crippen molar-refractivity contribution in [1.82, 2.24) is 10.2 Å². The van der Waals surface area contributed by atoms with Crippen LogP contribution in [-0.2, 0) is 16.1 Å². The van der Waals surface area contributed by atoms with Gasteiger partial charge in [0.05, 0.1) is 0 Å². The Hall–Kier alpha value is -2.82. The predicted molar refractivity (Wildman–Crippen MR) is 116 cm³/mol. The molecule has 0 radical (unpaired) electrons. The molecule has 0 aromatic heterocycles. The van der Waals surface area contributed by atoms with Crippen molar-refractivity contribution in [3.05, 3.63) is 65.2 Å². The molecule has 29 heavy (non-hydrogen) atoms. The second-order valence-corrected chi connectivity index (χ2v) is 7.71. The highest BCUT2D eigenvalue weighted by Crippen LogP contribution is 2.17. The second kappa shape index (κ2) is 10.6. The minimum Gasteiger partial charge on any atom is -0.484 e. The Morgan fingerprint density at radius 2 is 1.66 bits per heavy atom. The van der Waals surface area contributed by atoms with E-state index in [4.69, 9.17) is 4.74 Å². The molecular weight excluding hydrogens is 364 g/mol. The van der Waals surface area contributed by atoms with Crippen LogP contribution in [0.3, 0.4) is 0 Å². The van der Waals surface area contributed by atoms with Gasteiger partial charge in [0.15, 0.2) is 6.61 Å². The maximum absolute atomic E-state index is 13.1. The first-order valence-corrected chi connectivity index (χ1v) is 10.1. The van der Waals surface area contributed by atoms with Crippen molar-refractivity contribution in [2.24, 2.45) is 0 Å². The predicted octanol–water partition coefficient (Wildman–Crippen LogP) is 4.01. The first-order chi connectivity index (χ1) is 13.8. The number of amides is 2.